The summed E-state index contributed by atoms with van der Waals surface area (Å²) in [5.74, 6) is 1.54. The van der Waals surface area contributed by atoms with Crippen LogP contribution >= 0.6 is 0 Å². The average Bonchev–Trinajstić information content (AvgIpc) is 2.46. The highest BCUT2D eigenvalue weighted by atomic mass is 16.1. The van der Waals surface area contributed by atoms with Crippen molar-refractivity contribution < 1.29 is 4.79 Å². The van der Waals surface area contributed by atoms with E-state index in [1.165, 1.54) is 6.92 Å². The molecule has 0 radical (unpaired) electrons. The Morgan fingerprint density at radius 3 is 2.67 bits per heavy atom. The van der Waals surface area contributed by atoms with Crippen molar-refractivity contribution in [3.63, 3.8) is 0 Å². The Morgan fingerprint density at radius 2 is 2.20 bits per heavy atom. The number of anilines is 1. The molecule has 84 valence electrons. The monoisotopic (exact) mass is 211 g/mol. The molecule has 1 unspecified atom stereocenters. The summed E-state index contributed by atoms with van der Waals surface area (Å²) in [6.45, 7) is 3.45. The quantitative estimate of drug-likeness (QED) is 0.731. The molecule has 6 heteroatoms. The SMILES string of the molecule is CNc1nnc(CC(C)NC(C)=O)n1C. The maximum Gasteiger partial charge on any atom is 0.224 e. The topological polar surface area (TPSA) is 71.8 Å². The van der Waals surface area contributed by atoms with Crippen LogP contribution in [0.15, 0.2) is 0 Å². The van der Waals surface area contributed by atoms with Crippen molar-refractivity contribution in [1.82, 2.24) is 20.1 Å². The normalized spacial score (nSPS) is 12.3. The van der Waals surface area contributed by atoms with Crippen LogP contribution in [0.3, 0.4) is 0 Å². The molecule has 0 aliphatic heterocycles. The molecule has 0 aliphatic carbocycles. The summed E-state index contributed by atoms with van der Waals surface area (Å²) in [4.78, 5) is 10.8. The number of carbonyl (C=O) groups is 1. The van der Waals surface area contributed by atoms with Gasteiger partial charge < -0.3 is 15.2 Å². The van der Waals surface area contributed by atoms with E-state index in [0.717, 1.165) is 11.8 Å². The summed E-state index contributed by atoms with van der Waals surface area (Å²) < 4.78 is 1.87. The zero-order chi connectivity index (χ0) is 11.4. The lowest BCUT2D eigenvalue weighted by Gasteiger charge is -2.11. The third-order valence-electron chi connectivity index (χ3n) is 2.13. The second-order valence-corrected chi connectivity index (χ2v) is 3.55. The van der Waals surface area contributed by atoms with Crippen LogP contribution in [0.25, 0.3) is 0 Å². The molecule has 1 rings (SSSR count). The van der Waals surface area contributed by atoms with Crippen LogP contribution in [0.1, 0.15) is 19.7 Å². The Balaban J connectivity index is 2.64. The Kier molecular flexibility index (Phi) is 3.65. The van der Waals surface area contributed by atoms with Crippen molar-refractivity contribution in [3.8, 4) is 0 Å². The zero-order valence-corrected chi connectivity index (χ0v) is 9.53. The Morgan fingerprint density at radius 1 is 1.53 bits per heavy atom. The van der Waals surface area contributed by atoms with Crippen LogP contribution in [0.5, 0.6) is 0 Å². The fourth-order valence-electron chi connectivity index (χ4n) is 1.43. The van der Waals surface area contributed by atoms with E-state index in [1.807, 2.05) is 18.5 Å². The van der Waals surface area contributed by atoms with E-state index in [9.17, 15) is 4.79 Å². The minimum Gasteiger partial charge on any atom is -0.357 e. The summed E-state index contributed by atoms with van der Waals surface area (Å²) >= 11 is 0. The molecule has 0 fully saturated rings. The molecule has 0 aromatic carbocycles. The van der Waals surface area contributed by atoms with Crippen molar-refractivity contribution in [3.05, 3.63) is 5.82 Å². The fourth-order valence-corrected chi connectivity index (χ4v) is 1.43. The minimum absolute atomic E-state index is 0.0292. The number of nitrogens with zero attached hydrogens (tertiary/aromatic N) is 3. The van der Waals surface area contributed by atoms with Gasteiger partial charge >= 0.3 is 0 Å². The molecule has 1 atom stereocenters. The smallest absolute Gasteiger partial charge is 0.224 e. The van der Waals surface area contributed by atoms with Crippen LogP contribution in [0.4, 0.5) is 5.95 Å². The molecule has 0 aliphatic rings. The third-order valence-corrected chi connectivity index (χ3v) is 2.13. The van der Waals surface area contributed by atoms with Gasteiger partial charge in [0.1, 0.15) is 5.82 Å². The molecule has 15 heavy (non-hydrogen) atoms. The van der Waals surface area contributed by atoms with Gasteiger partial charge in [0.15, 0.2) is 0 Å². The predicted molar refractivity (Wildman–Crippen MR) is 57.5 cm³/mol. The Bertz CT molecular complexity index is 346. The van der Waals surface area contributed by atoms with Gasteiger partial charge in [-0.05, 0) is 6.92 Å². The highest BCUT2D eigenvalue weighted by Gasteiger charge is 2.11. The van der Waals surface area contributed by atoms with E-state index < -0.39 is 0 Å². The Hall–Kier alpha value is -1.59. The van der Waals surface area contributed by atoms with E-state index in [2.05, 4.69) is 20.8 Å². The van der Waals surface area contributed by atoms with E-state index >= 15 is 0 Å². The average molecular weight is 211 g/mol. The van der Waals surface area contributed by atoms with Gasteiger partial charge in [0.25, 0.3) is 0 Å². The fraction of sp³-hybridized carbons (Fsp3) is 0.667. The van der Waals surface area contributed by atoms with Crippen molar-refractivity contribution in [2.45, 2.75) is 26.3 Å². The van der Waals surface area contributed by atoms with Crippen LogP contribution < -0.4 is 10.6 Å². The van der Waals surface area contributed by atoms with Gasteiger partial charge in [-0.15, -0.1) is 10.2 Å². The summed E-state index contributed by atoms with van der Waals surface area (Å²) in [7, 11) is 3.69. The molecular formula is C9H17N5O. The highest BCUT2D eigenvalue weighted by Crippen LogP contribution is 2.05. The van der Waals surface area contributed by atoms with E-state index in [4.69, 9.17) is 0 Å². The lowest BCUT2D eigenvalue weighted by Crippen LogP contribution is -2.32. The molecule has 1 amide bonds. The summed E-state index contributed by atoms with van der Waals surface area (Å²) in [5, 5.41) is 13.7. The maximum absolute atomic E-state index is 10.8. The second kappa shape index (κ2) is 4.77. The molecular weight excluding hydrogens is 194 g/mol. The molecule has 1 aromatic heterocycles. The maximum atomic E-state index is 10.8. The number of hydrogen-bond acceptors (Lipinski definition) is 4. The third kappa shape index (κ3) is 2.93. The van der Waals surface area contributed by atoms with Gasteiger partial charge in [0.05, 0.1) is 0 Å². The van der Waals surface area contributed by atoms with Gasteiger partial charge in [0, 0.05) is 33.5 Å². The largest absolute Gasteiger partial charge is 0.357 e. The number of nitrogens with one attached hydrogen (secondary N) is 2. The molecule has 0 saturated heterocycles. The first-order valence-corrected chi connectivity index (χ1v) is 4.87. The van der Waals surface area contributed by atoms with Crippen LogP contribution in [0, 0.1) is 0 Å². The van der Waals surface area contributed by atoms with Crippen molar-refractivity contribution in [2.24, 2.45) is 7.05 Å². The first kappa shape index (κ1) is 11.5. The molecule has 0 bridgehead atoms. The lowest BCUT2D eigenvalue weighted by atomic mass is 10.2. The van der Waals surface area contributed by atoms with Crippen LogP contribution in [-0.4, -0.2) is 33.8 Å². The van der Waals surface area contributed by atoms with E-state index in [0.29, 0.717) is 6.42 Å². The molecule has 1 aromatic rings. The van der Waals surface area contributed by atoms with Gasteiger partial charge in [0.2, 0.25) is 11.9 Å². The number of rotatable bonds is 4. The number of hydrogen-bond donors (Lipinski definition) is 2. The van der Waals surface area contributed by atoms with Gasteiger partial charge in [-0.3, -0.25) is 4.79 Å². The standard InChI is InChI=1S/C9H17N5O/c1-6(11-7(2)15)5-8-12-13-9(10-3)14(8)4/h6H,5H2,1-4H3,(H,10,13)(H,11,15). The summed E-state index contributed by atoms with van der Waals surface area (Å²) in [5.41, 5.74) is 0. The first-order valence-electron chi connectivity index (χ1n) is 4.87. The van der Waals surface area contributed by atoms with Gasteiger partial charge in [-0.25, -0.2) is 0 Å². The van der Waals surface area contributed by atoms with Gasteiger partial charge in [-0.2, -0.15) is 0 Å². The first-order chi connectivity index (χ1) is 7.04. The predicted octanol–water partition coefficient (Wildman–Crippen LogP) is -0.0761. The summed E-state index contributed by atoms with van der Waals surface area (Å²) in [6, 6.07) is 0.0649. The molecule has 0 saturated carbocycles. The highest BCUT2D eigenvalue weighted by molar-refractivity contribution is 5.73. The molecule has 6 nitrogen and oxygen atoms in total. The number of carbonyl (C=O) groups excluding carboxylic acids is 1. The lowest BCUT2D eigenvalue weighted by molar-refractivity contribution is -0.119. The van der Waals surface area contributed by atoms with Crippen molar-refractivity contribution >= 4 is 11.9 Å². The minimum atomic E-state index is -0.0292. The number of aromatic nitrogens is 3. The van der Waals surface area contributed by atoms with Crippen LogP contribution in [0.2, 0.25) is 0 Å². The van der Waals surface area contributed by atoms with Crippen LogP contribution in [-0.2, 0) is 18.3 Å². The summed E-state index contributed by atoms with van der Waals surface area (Å²) in [6.07, 6.45) is 0.671. The second-order valence-electron chi connectivity index (χ2n) is 3.55. The van der Waals surface area contributed by atoms with E-state index in [1.54, 1.807) is 7.05 Å². The zero-order valence-electron chi connectivity index (χ0n) is 9.53. The number of amides is 1. The molecule has 1 heterocycles. The van der Waals surface area contributed by atoms with Gasteiger partial charge in [-0.1, -0.05) is 0 Å². The van der Waals surface area contributed by atoms with Crippen molar-refractivity contribution in [1.29, 1.82) is 0 Å². The van der Waals surface area contributed by atoms with E-state index in [-0.39, 0.29) is 11.9 Å². The Labute approximate surface area is 89.1 Å². The molecule has 2 N–H and O–H groups in total. The van der Waals surface area contributed by atoms with Crippen molar-refractivity contribution in [2.75, 3.05) is 12.4 Å². The molecule has 0 spiro atoms.